The van der Waals surface area contributed by atoms with Gasteiger partial charge >= 0.3 is 0 Å². The minimum Gasteiger partial charge on any atom is -0.485 e. The fourth-order valence-electron chi connectivity index (χ4n) is 3.18. The Morgan fingerprint density at radius 3 is 2.70 bits per heavy atom. The average molecular weight is 451 g/mol. The number of hydrogen-bond acceptors (Lipinski definition) is 6. The van der Waals surface area contributed by atoms with Gasteiger partial charge in [0.05, 0.1) is 11.4 Å². The summed E-state index contributed by atoms with van der Waals surface area (Å²) in [7, 11) is 0. The SMILES string of the molecule is CCCn1cnc2nc(COc3ccccc3NC(=O)COc3ccc(F)cc3)cc(=O)n21. The number of aryl methyl sites for hydroxylation is 1. The van der Waals surface area contributed by atoms with Crippen LogP contribution in [0.1, 0.15) is 19.0 Å². The summed E-state index contributed by atoms with van der Waals surface area (Å²) in [6.07, 6.45) is 2.44. The normalized spacial score (nSPS) is 10.8. The molecular formula is C23H22FN5O4. The number of carbonyl (C=O) groups excluding carboxylic acids is 1. The van der Waals surface area contributed by atoms with Crippen LogP contribution in [0.3, 0.4) is 0 Å². The highest BCUT2D eigenvalue weighted by Gasteiger charge is 2.11. The third-order valence-corrected chi connectivity index (χ3v) is 4.67. The number of aromatic nitrogens is 4. The molecule has 0 unspecified atom stereocenters. The molecule has 0 bridgehead atoms. The van der Waals surface area contributed by atoms with E-state index in [-0.39, 0.29) is 24.6 Å². The molecule has 1 amide bonds. The molecule has 170 valence electrons. The van der Waals surface area contributed by atoms with E-state index < -0.39 is 5.91 Å². The van der Waals surface area contributed by atoms with Crippen LogP contribution >= 0.6 is 0 Å². The van der Waals surface area contributed by atoms with E-state index in [0.29, 0.717) is 35.2 Å². The number of ether oxygens (including phenoxy) is 2. The van der Waals surface area contributed by atoms with Crippen molar-refractivity contribution in [3.63, 3.8) is 0 Å². The van der Waals surface area contributed by atoms with Crippen molar-refractivity contribution in [2.75, 3.05) is 11.9 Å². The molecule has 2 aromatic carbocycles. The van der Waals surface area contributed by atoms with Crippen molar-refractivity contribution in [3.8, 4) is 11.5 Å². The number of anilines is 1. The third-order valence-electron chi connectivity index (χ3n) is 4.67. The number of halogens is 1. The number of nitrogens with one attached hydrogen (secondary N) is 1. The summed E-state index contributed by atoms with van der Waals surface area (Å²) in [5, 5.41) is 2.72. The van der Waals surface area contributed by atoms with Gasteiger partial charge in [0.25, 0.3) is 17.2 Å². The number of amides is 1. The Morgan fingerprint density at radius 1 is 1.12 bits per heavy atom. The van der Waals surface area contributed by atoms with Crippen molar-refractivity contribution in [1.29, 1.82) is 0 Å². The zero-order valence-electron chi connectivity index (χ0n) is 17.9. The second kappa shape index (κ2) is 9.94. The van der Waals surface area contributed by atoms with Gasteiger partial charge in [-0.15, -0.1) is 0 Å². The lowest BCUT2D eigenvalue weighted by atomic mass is 10.3. The molecule has 4 aromatic rings. The molecule has 0 fully saturated rings. The molecule has 10 heteroatoms. The van der Waals surface area contributed by atoms with Crippen LogP contribution in [0, 0.1) is 5.82 Å². The van der Waals surface area contributed by atoms with Crippen LogP contribution in [0.4, 0.5) is 10.1 Å². The second-order valence-electron chi connectivity index (χ2n) is 7.18. The second-order valence-corrected chi connectivity index (χ2v) is 7.18. The van der Waals surface area contributed by atoms with Crippen LogP contribution in [0.25, 0.3) is 5.78 Å². The molecule has 1 N–H and O–H groups in total. The maximum atomic E-state index is 13.0. The monoisotopic (exact) mass is 451 g/mol. The van der Waals surface area contributed by atoms with Gasteiger partial charge in [-0.3, -0.25) is 14.3 Å². The minimum atomic E-state index is -0.408. The van der Waals surface area contributed by atoms with E-state index in [1.807, 2.05) is 6.92 Å². The molecule has 0 aliphatic heterocycles. The highest BCUT2D eigenvalue weighted by Crippen LogP contribution is 2.24. The van der Waals surface area contributed by atoms with Gasteiger partial charge in [-0.2, -0.15) is 9.50 Å². The van der Waals surface area contributed by atoms with Crippen LogP contribution < -0.4 is 20.3 Å². The standard InChI is InChI=1S/C23H22FN5O4/c1-2-11-28-15-25-23-26-17(12-22(31)29(23)28)13-33-20-6-4-3-5-19(20)27-21(30)14-32-18-9-7-16(24)8-10-18/h3-10,12,15H,2,11,13-14H2,1H3,(H,27,30). The molecule has 0 aliphatic carbocycles. The lowest BCUT2D eigenvalue weighted by Gasteiger charge is -2.13. The van der Waals surface area contributed by atoms with Crippen LogP contribution in [-0.2, 0) is 17.9 Å². The van der Waals surface area contributed by atoms with Crippen molar-refractivity contribution in [3.05, 3.63) is 82.8 Å². The highest BCUT2D eigenvalue weighted by molar-refractivity contribution is 5.93. The predicted molar refractivity (Wildman–Crippen MR) is 119 cm³/mol. The molecule has 0 atom stereocenters. The lowest BCUT2D eigenvalue weighted by Crippen LogP contribution is -2.22. The summed E-state index contributed by atoms with van der Waals surface area (Å²) in [5.41, 5.74) is 0.613. The minimum absolute atomic E-state index is 0.0192. The van der Waals surface area contributed by atoms with E-state index in [1.165, 1.54) is 34.8 Å². The van der Waals surface area contributed by atoms with Gasteiger partial charge in [-0.25, -0.2) is 9.37 Å². The number of para-hydroxylation sites is 2. The smallest absolute Gasteiger partial charge is 0.274 e. The Morgan fingerprint density at radius 2 is 1.91 bits per heavy atom. The van der Waals surface area contributed by atoms with Gasteiger partial charge in [0.15, 0.2) is 6.61 Å². The number of fused-ring (bicyclic) bond motifs is 1. The summed E-state index contributed by atoms with van der Waals surface area (Å²) in [6, 6.07) is 13.7. The van der Waals surface area contributed by atoms with E-state index in [1.54, 1.807) is 35.3 Å². The number of benzene rings is 2. The Kier molecular flexibility index (Phi) is 6.63. The van der Waals surface area contributed by atoms with Crippen LogP contribution in [0.15, 0.2) is 65.7 Å². The van der Waals surface area contributed by atoms with E-state index in [2.05, 4.69) is 15.3 Å². The molecule has 2 heterocycles. The van der Waals surface area contributed by atoms with E-state index in [9.17, 15) is 14.0 Å². The first-order valence-electron chi connectivity index (χ1n) is 10.4. The number of hydrogen-bond donors (Lipinski definition) is 1. The van der Waals surface area contributed by atoms with Crippen molar-refractivity contribution < 1.29 is 18.7 Å². The lowest BCUT2D eigenvalue weighted by molar-refractivity contribution is -0.118. The molecule has 0 spiro atoms. The van der Waals surface area contributed by atoms with Crippen LogP contribution in [0.5, 0.6) is 11.5 Å². The van der Waals surface area contributed by atoms with E-state index >= 15 is 0 Å². The summed E-state index contributed by atoms with van der Waals surface area (Å²) in [4.78, 5) is 33.4. The summed E-state index contributed by atoms with van der Waals surface area (Å²) in [6.45, 7) is 2.43. The van der Waals surface area contributed by atoms with Gasteiger partial charge in [0.1, 0.15) is 30.3 Å². The molecule has 0 saturated heterocycles. The molecule has 4 rings (SSSR count). The van der Waals surface area contributed by atoms with Crippen LogP contribution in [0.2, 0.25) is 0 Å². The van der Waals surface area contributed by atoms with Crippen molar-refractivity contribution in [2.24, 2.45) is 0 Å². The molecule has 33 heavy (non-hydrogen) atoms. The zero-order valence-corrected chi connectivity index (χ0v) is 17.9. The Balaban J connectivity index is 1.41. The summed E-state index contributed by atoms with van der Waals surface area (Å²) >= 11 is 0. The van der Waals surface area contributed by atoms with Gasteiger partial charge < -0.3 is 14.8 Å². The zero-order chi connectivity index (χ0) is 23.2. The highest BCUT2D eigenvalue weighted by atomic mass is 19.1. The van der Waals surface area contributed by atoms with Crippen LogP contribution in [-0.4, -0.2) is 31.7 Å². The largest absolute Gasteiger partial charge is 0.485 e. The third kappa shape index (κ3) is 5.35. The topological polar surface area (TPSA) is 99.8 Å². The van der Waals surface area contributed by atoms with Gasteiger partial charge in [-0.1, -0.05) is 19.1 Å². The van der Waals surface area contributed by atoms with Gasteiger partial charge in [-0.05, 0) is 42.8 Å². The fourth-order valence-corrected chi connectivity index (χ4v) is 3.18. The Bertz CT molecular complexity index is 1320. The maximum Gasteiger partial charge on any atom is 0.274 e. The molecule has 9 nitrogen and oxygen atoms in total. The first-order chi connectivity index (χ1) is 16.0. The quantitative estimate of drug-likeness (QED) is 0.420. The fraction of sp³-hybridized carbons (Fsp3) is 0.217. The maximum absolute atomic E-state index is 13.0. The summed E-state index contributed by atoms with van der Waals surface area (Å²) in [5.74, 6) is 0.295. The molecular weight excluding hydrogens is 429 g/mol. The Labute approximate surface area is 188 Å². The van der Waals surface area contributed by atoms with Gasteiger partial charge in [0.2, 0.25) is 0 Å². The van der Waals surface area contributed by atoms with Crippen molar-refractivity contribution in [1.82, 2.24) is 19.2 Å². The predicted octanol–water partition coefficient (Wildman–Crippen LogP) is 3.04. The number of rotatable bonds is 9. The van der Waals surface area contributed by atoms with E-state index in [0.717, 1.165) is 6.42 Å². The Hall–Kier alpha value is -4.21. The average Bonchev–Trinajstić information content (AvgIpc) is 3.22. The number of carbonyl (C=O) groups is 1. The molecule has 0 radical (unpaired) electrons. The molecule has 0 saturated carbocycles. The molecule has 2 aromatic heterocycles. The van der Waals surface area contributed by atoms with Crippen molar-refractivity contribution >= 4 is 17.4 Å². The molecule has 0 aliphatic rings. The van der Waals surface area contributed by atoms with Crippen molar-refractivity contribution in [2.45, 2.75) is 26.5 Å². The first kappa shape index (κ1) is 22.0. The first-order valence-corrected chi connectivity index (χ1v) is 10.4. The van der Waals surface area contributed by atoms with E-state index in [4.69, 9.17) is 9.47 Å². The van der Waals surface area contributed by atoms with Gasteiger partial charge in [0, 0.05) is 12.6 Å². The number of nitrogens with zero attached hydrogens (tertiary/aromatic N) is 4. The summed E-state index contributed by atoms with van der Waals surface area (Å²) < 4.78 is 27.3.